The second-order valence-corrected chi connectivity index (χ2v) is 2.89. The molecule has 1 nitrogen and oxygen atoms in total. The van der Waals surface area contributed by atoms with Gasteiger partial charge >= 0.3 is 0 Å². The fourth-order valence-corrected chi connectivity index (χ4v) is 1.08. The van der Waals surface area contributed by atoms with E-state index in [4.69, 9.17) is 0 Å². The number of aryl methyl sites for hydroxylation is 1. The monoisotopic (exact) mass is 191 g/mol. The van der Waals surface area contributed by atoms with Crippen LogP contribution in [0.3, 0.4) is 0 Å². The number of hydrogen-bond donors (Lipinski definition) is 1. The number of rotatable bonds is 2. The Morgan fingerprint density at radius 3 is 2.36 bits per heavy atom. The van der Waals surface area contributed by atoms with Gasteiger partial charge in [-0.3, -0.25) is 0 Å². The van der Waals surface area contributed by atoms with E-state index in [0.717, 1.165) is 0 Å². The molecule has 0 radical (unpaired) electrons. The highest BCUT2D eigenvalue weighted by Gasteiger charge is 1.96. The number of anilines is 1. The molecule has 1 heteroatoms. The lowest BCUT2D eigenvalue weighted by atomic mass is 10.1. The van der Waals surface area contributed by atoms with Crippen molar-refractivity contribution in [3.05, 3.63) is 41.6 Å². The zero-order valence-electron chi connectivity index (χ0n) is 9.89. The smallest absolute Gasteiger partial charge is 0.0412 e. The van der Waals surface area contributed by atoms with E-state index in [1.165, 1.54) is 16.8 Å². The number of nitrogens with one attached hydrogen (secondary N) is 1. The van der Waals surface area contributed by atoms with Gasteiger partial charge < -0.3 is 5.32 Å². The summed E-state index contributed by atoms with van der Waals surface area (Å²) in [7, 11) is 0. The largest absolute Gasteiger partial charge is 0.362 e. The van der Waals surface area contributed by atoms with Gasteiger partial charge in [0.05, 0.1) is 0 Å². The molecular formula is C13H21N. The summed E-state index contributed by atoms with van der Waals surface area (Å²) in [5, 5.41) is 3.22. The van der Waals surface area contributed by atoms with Gasteiger partial charge in [0.2, 0.25) is 0 Å². The fraction of sp³-hybridized carbons (Fsp3) is 0.385. The summed E-state index contributed by atoms with van der Waals surface area (Å²) in [5.41, 5.74) is 3.83. The standard InChI is InChI=1S/C11H15N.C2H6/c1-4-8-12-11-7-5-6-9(2)10(11)3;1-2/h4-8,12H,1-3H3;1-2H3/b8-4-;. The summed E-state index contributed by atoms with van der Waals surface area (Å²) in [5.74, 6) is 0. The topological polar surface area (TPSA) is 12.0 Å². The molecule has 0 aliphatic carbocycles. The van der Waals surface area contributed by atoms with E-state index < -0.39 is 0 Å². The van der Waals surface area contributed by atoms with E-state index >= 15 is 0 Å². The van der Waals surface area contributed by atoms with E-state index in [1.54, 1.807) is 0 Å². The summed E-state index contributed by atoms with van der Waals surface area (Å²) in [6.45, 7) is 10.2. The number of benzene rings is 1. The molecular weight excluding hydrogens is 170 g/mol. The van der Waals surface area contributed by atoms with Crippen molar-refractivity contribution in [2.45, 2.75) is 34.6 Å². The Balaban J connectivity index is 0.000000791. The molecule has 0 spiro atoms. The van der Waals surface area contributed by atoms with Crippen LogP contribution in [-0.4, -0.2) is 0 Å². The van der Waals surface area contributed by atoms with Crippen LogP contribution in [0.4, 0.5) is 5.69 Å². The van der Waals surface area contributed by atoms with Crippen LogP contribution in [0.15, 0.2) is 30.5 Å². The maximum Gasteiger partial charge on any atom is 0.0412 e. The van der Waals surface area contributed by atoms with Gasteiger partial charge in [-0.2, -0.15) is 0 Å². The minimum atomic E-state index is 1.19. The molecule has 0 amide bonds. The lowest BCUT2D eigenvalue weighted by Crippen LogP contribution is -1.91. The zero-order chi connectivity index (χ0) is 11.0. The quantitative estimate of drug-likeness (QED) is 0.736. The van der Waals surface area contributed by atoms with Crippen molar-refractivity contribution >= 4 is 5.69 Å². The molecule has 14 heavy (non-hydrogen) atoms. The Morgan fingerprint density at radius 2 is 1.79 bits per heavy atom. The molecule has 1 aromatic rings. The summed E-state index contributed by atoms with van der Waals surface area (Å²) in [6, 6.07) is 6.27. The Labute approximate surface area is 87.9 Å². The van der Waals surface area contributed by atoms with Gasteiger partial charge in [-0.05, 0) is 44.2 Å². The molecule has 0 heterocycles. The highest BCUT2D eigenvalue weighted by Crippen LogP contribution is 2.17. The van der Waals surface area contributed by atoms with Gasteiger partial charge in [0, 0.05) is 5.69 Å². The third-order valence-electron chi connectivity index (χ3n) is 2.01. The second-order valence-electron chi connectivity index (χ2n) is 2.89. The summed E-state index contributed by atoms with van der Waals surface area (Å²) >= 11 is 0. The van der Waals surface area contributed by atoms with Crippen LogP contribution >= 0.6 is 0 Å². The van der Waals surface area contributed by atoms with Crippen molar-refractivity contribution in [2.75, 3.05) is 5.32 Å². The Hall–Kier alpha value is -1.24. The average molecular weight is 191 g/mol. The predicted molar refractivity (Wildman–Crippen MR) is 65.7 cm³/mol. The van der Waals surface area contributed by atoms with Crippen molar-refractivity contribution in [1.82, 2.24) is 0 Å². The third kappa shape index (κ3) is 3.65. The second kappa shape index (κ2) is 7.19. The highest BCUT2D eigenvalue weighted by molar-refractivity contribution is 5.55. The lowest BCUT2D eigenvalue weighted by Gasteiger charge is -2.07. The molecule has 0 saturated heterocycles. The van der Waals surface area contributed by atoms with Crippen LogP contribution in [-0.2, 0) is 0 Å². The molecule has 78 valence electrons. The van der Waals surface area contributed by atoms with Gasteiger partial charge in [0.1, 0.15) is 0 Å². The first-order chi connectivity index (χ1) is 6.75. The Kier molecular flexibility index (Phi) is 6.55. The number of hydrogen-bond acceptors (Lipinski definition) is 1. The van der Waals surface area contributed by atoms with Crippen LogP contribution in [0.1, 0.15) is 31.9 Å². The van der Waals surface area contributed by atoms with Crippen molar-refractivity contribution < 1.29 is 0 Å². The van der Waals surface area contributed by atoms with Gasteiger partial charge in [0.15, 0.2) is 0 Å². The summed E-state index contributed by atoms with van der Waals surface area (Å²) < 4.78 is 0. The Morgan fingerprint density at radius 1 is 1.14 bits per heavy atom. The van der Waals surface area contributed by atoms with Crippen molar-refractivity contribution in [3.63, 3.8) is 0 Å². The summed E-state index contributed by atoms with van der Waals surface area (Å²) in [6.07, 6.45) is 3.93. The van der Waals surface area contributed by atoms with E-state index in [9.17, 15) is 0 Å². The molecule has 1 rings (SSSR count). The van der Waals surface area contributed by atoms with Crippen molar-refractivity contribution in [3.8, 4) is 0 Å². The van der Waals surface area contributed by atoms with E-state index in [-0.39, 0.29) is 0 Å². The molecule has 0 bridgehead atoms. The van der Waals surface area contributed by atoms with Crippen LogP contribution in [0, 0.1) is 13.8 Å². The number of allylic oxidation sites excluding steroid dienone is 1. The van der Waals surface area contributed by atoms with Crippen LogP contribution < -0.4 is 5.32 Å². The fourth-order valence-electron chi connectivity index (χ4n) is 1.08. The minimum Gasteiger partial charge on any atom is -0.362 e. The lowest BCUT2D eigenvalue weighted by molar-refractivity contribution is 1.33. The maximum atomic E-state index is 3.22. The first kappa shape index (κ1) is 12.8. The normalized spacial score (nSPS) is 9.50. The molecule has 0 aliphatic rings. The van der Waals surface area contributed by atoms with E-state index in [1.807, 2.05) is 33.0 Å². The van der Waals surface area contributed by atoms with Gasteiger partial charge in [-0.25, -0.2) is 0 Å². The van der Waals surface area contributed by atoms with Crippen molar-refractivity contribution in [1.29, 1.82) is 0 Å². The zero-order valence-corrected chi connectivity index (χ0v) is 9.89. The molecule has 0 atom stereocenters. The van der Waals surface area contributed by atoms with Gasteiger partial charge in [-0.1, -0.05) is 32.1 Å². The molecule has 0 unspecified atom stereocenters. The van der Waals surface area contributed by atoms with Crippen LogP contribution in [0.25, 0.3) is 0 Å². The molecule has 0 fully saturated rings. The van der Waals surface area contributed by atoms with E-state index in [0.29, 0.717) is 0 Å². The molecule has 1 aromatic carbocycles. The minimum absolute atomic E-state index is 1.19. The van der Waals surface area contributed by atoms with Crippen molar-refractivity contribution in [2.24, 2.45) is 0 Å². The van der Waals surface area contributed by atoms with Gasteiger partial charge in [0.25, 0.3) is 0 Å². The summed E-state index contributed by atoms with van der Waals surface area (Å²) in [4.78, 5) is 0. The molecule has 1 N–H and O–H groups in total. The van der Waals surface area contributed by atoms with Crippen LogP contribution in [0.5, 0.6) is 0 Å². The SMILES string of the molecule is C/C=C\Nc1cccc(C)c1C.CC. The third-order valence-corrected chi connectivity index (χ3v) is 2.01. The first-order valence-electron chi connectivity index (χ1n) is 5.19. The highest BCUT2D eigenvalue weighted by atomic mass is 14.8. The average Bonchev–Trinajstić information content (AvgIpc) is 2.23. The van der Waals surface area contributed by atoms with Crippen LogP contribution in [0.2, 0.25) is 0 Å². The Bertz CT molecular complexity index is 287. The van der Waals surface area contributed by atoms with E-state index in [2.05, 4.69) is 37.4 Å². The molecule has 0 saturated carbocycles. The first-order valence-corrected chi connectivity index (χ1v) is 5.19. The predicted octanol–water partition coefficient (Wildman–Crippen LogP) is 4.28. The molecule has 0 aliphatic heterocycles. The molecule has 0 aromatic heterocycles. The van der Waals surface area contributed by atoms with Gasteiger partial charge in [-0.15, -0.1) is 0 Å². The maximum absolute atomic E-state index is 3.22.